The molecule has 0 bridgehead atoms. The lowest BCUT2D eigenvalue weighted by atomic mass is 10.1. The fourth-order valence-corrected chi connectivity index (χ4v) is 3.14. The van der Waals surface area contributed by atoms with Crippen molar-refractivity contribution < 1.29 is 28.7 Å². The molecule has 1 aromatic heterocycles. The number of amides is 1. The van der Waals surface area contributed by atoms with Gasteiger partial charge in [-0.3, -0.25) is 14.9 Å². The van der Waals surface area contributed by atoms with Crippen molar-refractivity contribution in [2.75, 3.05) is 19.2 Å². The third kappa shape index (κ3) is 3.62. The molecule has 0 atom stereocenters. The molecule has 0 saturated carbocycles. The Kier molecular flexibility index (Phi) is 5.23. The molecule has 0 saturated heterocycles. The highest BCUT2D eigenvalue weighted by atomic mass is 32.1. The highest BCUT2D eigenvalue weighted by Crippen LogP contribution is 2.38. The predicted molar refractivity (Wildman–Crippen MR) is 97.1 cm³/mol. The lowest BCUT2D eigenvalue weighted by Crippen LogP contribution is -2.15. The van der Waals surface area contributed by atoms with E-state index in [4.69, 9.17) is 9.47 Å². The number of methoxy groups -OCH3 is 1. The molecule has 0 radical (unpaired) electrons. The van der Waals surface area contributed by atoms with Crippen molar-refractivity contribution in [2.24, 2.45) is 0 Å². The van der Waals surface area contributed by atoms with Crippen molar-refractivity contribution >= 4 is 40.0 Å². The molecule has 2 heterocycles. The molecule has 10 nitrogen and oxygen atoms in total. The maximum atomic E-state index is 12.5. The Hall–Kier alpha value is -3.91. The smallest absolute Gasteiger partial charge is 0.340 e. The summed E-state index contributed by atoms with van der Waals surface area (Å²) in [5, 5.41) is 24.9. The van der Waals surface area contributed by atoms with Crippen LogP contribution in [-0.2, 0) is 9.53 Å². The summed E-state index contributed by atoms with van der Waals surface area (Å²) in [5.74, 6) is -1.01. The van der Waals surface area contributed by atoms with Gasteiger partial charge >= 0.3 is 5.97 Å². The first kappa shape index (κ1) is 18.9. The number of carbonyl (C=O) groups excluding carboxylic acids is 2. The molecule has 0 aliphatic carbocycles. The summed E-state index contributed by atoms with van der Waals surface area (Å²) in [6.45, 7) is -0.0834. The minimum absolute atomic E-state index is 0.000297. The third-order valence-corrected chi connectivity index (χ3v) is 4.51. The van der Waals surface area contributed by atoms with Crippen LogP contribution in [0.4, 0.5) is 10.7 Å². The number of nitro benzene ring substituents is 1. The number of rotatable bonds is 5. The van der Waals surface area contributed by atoms with E-state index in [2.05, 4.69) is 10.1 Å². The Morgan fingerprint density at radius 2 is 2.11 bits per heavy atom. The van der Waals surface area contributed by atoms with E-state index in [9.17, 15) is 25.0 Å². The minimum Gasteiger partial charge on any atom is -0.465 e. The number of hydrogen-bond donors (Lipinski definition) is 1. The van der Waals surface area contributed by atoms with E-state index in [-0.39, 0.29) is 40.1 Å². The highest BCUT2D eigenvalue weighted by molar-refractivity contribution is 7.14. The van der Waals surface area contributed by atoms with Gasteiger partial charge in [0, 0.05) is 0 Å². The second-order valence-electron chi connectivity index (χ2n) is 5.30. The number of benzene rings is 1. The number of esters is 1. The van der Waals surface area contributed by atoms with Crippen LogP contribution >= 0.6 is 11.3 Å². The summed E-state index contributed by atoms with van der Waals surface area (Å²) < 4.78 is 14.9. The number of nitrogens with one attached hydrogen (secondary N) is 1. The van der Waals surface area contributed by atoms with Crippen molar-refractivity contribution in [3.8, 4) is 17.6 Å². The Morgan fingerprint density at radius 3 is 2.75 bits per heavy atom. The average Bonchev–Trinajstić information content (AvgIpc) is 3.33. The van der Waals surface area contributed by atoms with Crippen LogP contribution < -0.4 is 14.8 Å². The number of nitriles is 1. The van der Waals surface area contributed by atoms with Gasteiger partial charge in [0.2, 0.25) is 6.79 Å². The number of anilines is 1. The monoisotopic (exact) mass is 401 g/mol. The molecule has 0 fully saturated rings. The molecule has 1 aromatic carbocycles. The molecule has 1 N–H and O–H groups in total. The Labute approximate surface area is 161 Å². The van der Waals surface area contributed by atoms with Crippen LogP contribution in [0.15, 0.2) is 29.2 Å². The lowest BCUT2D eigenvalue weighted by Gasteiger charge is -2.05. The molecule has 142 valence electrons. The van der Waals surface area contributed by atoms with Crippen molar-refractivity contribution in [2.45, 2.75) is 0 Å². The largest absolute Gasteiger partial charge is 0.465 e. The third-order valence-electron chi connectivity index (χ3n) is 3.68. The molecular weight excluding hydrogens is 390 g/mol. The molecule has 1 aliphatic rings. The molecule has 1 aliphatic heterocycles. The van der Waals surface area contributed by atoms with Gasteiger partial charge in [0.15, 0.2) is 11.5 Å². The Morgan fingerprint density at radius 1 is 1.39 bits per heavy atom. The predicted octanol–water partition coefficient (Wildman–Crippen LogP) is 2.72. The van der Waals surface area contributed by atoms with E-state index in [0.717, 1.165) is 23.5 Å². The van der Waals surface area contributed by atoms with Crippen molar-refractivity contribution in [1.82, 2.24) is 0 Å². The first-order valence-corrected chi connectivity index (χ1v) is 8.49. The average molecular weight is 401 g/mol. The first-order valence-electron chi connectivity index (χ1n) is 7.61. The fraction of sp³-hybridized carbons (Fsp3) is 0.118. The summed E-state index contributed by atoms with van der Waals surface area (Å²) in [4.78, 5) is 34.8. The minimum atomic E-state index is -0.831. The molecule has 0 unspecified atom stereocenters. The molecule has 1 amide bonds. The summed E-state index contributed by atoms with van der Waals surface area (Å²) in [5.41, 5.74) is -0.616. The number of carbonyl (C=O) groups is 2. The van der Waals surface area contributed by atoms with Crippen LogP contribution in [0.5, 0.6) is 11.5 Å². The van der Waals surface area contributed by atoms with Gasteiger partial charge in [0.1, 0.15) is 16.6 Å². The van der Waals surface area contributed by atoms with Crippen LogP contribution in [0.1, 0.15) is 15.9 Å². The molecule has 0 spiro atoms. The summed E-state index contributed by atoms with van der Waals surface area (Å²) in [7, 11) is 1.20. The zero-order chi connectivity index (χ0) is 20.3. The van der Waals surface area contributed by atoms with E-state index in [1.807, 2.05) is 0 Å². The van der Waals surface area contributed by atoms with Gasteiger partial charge in [-0.2, -0.15) is 5.26 Å². The fourth-order valence-electron chi connectivity index (χ4n) is 2.37. The molecular formula is C17H11N3O7S. The molecule has 3 rings (SSSR count). The van der Waals surface area contributed by atoms with E-state index in [0.29, 0.717) is 0 Å². The second-order valence-corrected chi connectivity index (χ2v) is 6.22. The van der Waals surface area contributed by atoms with Crippen molar-refractivity contribution in [1.29, 1.82) is 5.26 Å². The summed E-state index contributed by atoms with van der Waals surface area (Å²) in [6.07, 6.45) is 1.07. The van der Waals surface area contributed by atoms with Gasteiger partial charge < -0.3 is 19.5 Å². The van der Waals surface area contributed by atoms with Gasteiger partial charge in [0.05, 0.1) is 29.2 Å². The number of nitro groups is 1. The SMILES string of the molecule is COC(=O)c1ccsc1NC(=O)/C(C#N)=C/c1cc2c(cc1[N+](=O)[O-])OCO2. The van der Waals surface area contributed by atoms with Crippen LogP contribution in [0.3, 0.4) is 0 Å². The normalized spacial score (nSPS) is 12.2. The maximum absolute atomic E-state index is 12.5. The van der Waals surface area contributed by atoms with E-state index in [1.54, 1.807) is 11.4 Å². The zero-order valence-electron chi connectivity index (χ0n) is 14.3. The number of hydrogen-bond acceptors (Lipinski definition) is 9. The lowest BCUT2D eigenvalue weighted by molar-refractivity contribution is -0.385. The number of thiophene rings is 1. The van der Waals surface area contributed by atoms with Gasteiger partial charge in [-0.05, 0) is 23.6 Å². The topological polar surface area (TPSA) is 141 Å². The molecule has 2 aromatic rings. The van der Waals surface area contributed by atoms with Gasteiger partial charge in [-0.15, -0.1) is 11.3 Å². The standard InChI is InChI=1S/C17H11N3O7S/c1-25-17(22)11-2-3-28-16(11)19-15(21)10(7-18)4-9-5-13-14(27-8-26-13)6-12(9)20(23)24/h2-6H,8H2,1H3,(H,19,21)/b10-4+. The van der Waals surface area contributed by atoms with Crippen LogP contribution in [-0.4, -0.2) is 30.7 Å². The quantitative estimate of drug-likeness (QED) is 0.265. The summed E-state index contributed by atoms with van der Waals surface area (Å²) >= 11 is 1.07. The van der Waals surface area contributed by atoms with Crippen LogP contribution in [0, 0.1) is 21.4 Å². The molecule has 28 heavy (non-hydrogen) atoms. The number of fused-ring (bicyclic) bond motifs is 1. The number of ether oxygens (including phenoxy) is 3. The van der Waals surface area contributed by atoms with E-state index < -0.39 is 22.4 Å². The van der Waals surface area contributed by atoms with Gasteiger partial charge in [0.25, 0.3) is 11.6 Å². The summed E-state index contributed by atoms with van der Waals surface area (Å²) in [6, 6.07) is 5.64. The maximum Gasteiger partial charge on any atom is 0.340 e. The number of nitrogens with zero attached hydrogens (tertiary/aromatic N) is 2. The van der Waals surface area contributed by atoms with Crippen LogP contribution in [0.2, 0.25) is 0 Å². The first-order chi connectivity index (χ1) is 13.4. The van der Waals surface area contributed by atoms with Crippen molar-refractivity contribution in [3.63, 3.8) is 0 Å². The van der Waals surface area contributed by atoms with E-state index in [1.165, 1.54) is 19.2 Å². The van der Waals surface area contributed by atoms with E-state index >= 15 is 0 Å². The zero-order valence-corrected chi connectivity index (χ0v) is 15.1. The molecule has 11 heteroatoms. The Balaban J connectivity index is 1.94. The van der Waals surface area contributed by atoms with Gasteiger partial charge in [-0.25, -0.2) is 4.79 Å². The van der Waals surface area contributed by atoms with Crippen LogP contribution in [0.25, 0.3) is 6.08 Å². The highest BCUT2D eigenvalue weighted by Gasteiger charge is 2.24. The second kappa shape index (κ2) is 7.77. The Bertz CT molecular complexity index is 1050. The van der Waals surface area contributed by atoms with Gasteiger partial charge in [-0.1, -0.05) is 0 Å². The van der Waals surface area contributed by atoms with Crippen molar-refractivity contribution in [3.05, 3.63) is 50.4 Å².